The highest BCUT2D eigenvalue weighted by atomic mass is 32.2. The van der Waals surface area contributed by atoms with E-state index in [1.54, 1.807) is 19.1 Å². The first-order valence-electron chi connectivity index (χ1n) is 9.31. The second-order valence-electron chi connectivity index (χ2n) is 6.62. The Bertz CT molecular complexity index is 895. The van der Waals surface area contributed by atoms with E-state index >= 15 is 0 Å². The van der Waals surface area contributed by atoms with Crippen molar-refractivity contribution >= 4 is 21.6 Å². The van der Waals surface area contributed by atoms with Crippen molar-refractivity contribution < 1.29 is 17.9 Å². The fourth-order valence-electron chi connectivity index (χ4n) is 2.97. The fraction of sp³-hybridized carbons (Fsp3) is 0.381. The van der Waals surface area contributed by atoms with Crippen molar-refractivity contribution in [3.05, 3.63) is 59.7 Å². The molecule has 0 fully saturated rings. The van der Waals surface area contributed by atoms with Crippen LogP contribution in [0.3, 0.4) is 0 Å². The lowest BCUT2D eigenvalue weighted by molar-refractivity contribution is -0.122. The summed E-state index contributed by atoms with van der Waals surface area (Å²) in [4.78, 5) is 12.8. The van der Waals surface area contributed by atoms with E-state index in [0.29, 0.717) is 25.3 Å². The van der Waals surface area contributed by atoms with Crippen molar-refractivity contribution in [1.82, 2.24) is 5.32 Å². The molecule has 0 aromatic heterocycles. The van der Waals surface area contributed by atoms with Crippen LogP contribution in [0.1, 0.15) is 31.4 Å². The van der Waals surface area contributed by atoms with Gasteiger partial charge in [-0.2, -0.15) is 0 Å². The average Bonchev–Trinajstić information content (AvgIpc) is 2.65. The number of sulfonamides is 1. The molecule has 1 atom stereocenters. The van der Waals surface area contributed by atoms with Crippen LogP contribution in [-0.2, 0) is 21.4 Å². The summed E-state index contributed by atoms with van der Waals surface area (Å²) in [7, 11) is -3.63. The van der Waals surface area contributed by atoms with Crippen molar-refractivity contribution in [1.29, 1.82) is 0 Å². The first-order chi connectivity index (χ1) is 13.3. The van der Waals surface area contributed by atoms with Crippen molar-refractivity contribution in [3.63, 3.8) is 0 Å². The van der Waals surface area contributed by atoms with Gasteiger partial charge in [-0.1, -0.05) is 36.8 Å². The molecule has 0 radical (unpaired) electrons. The van der Waals surface area contributed by atoms with Crippen LogP contribution >= 0.6 is 0 Å². The van der Waals surface area contributed by atoms with Crippen LogP contribution in [-0.4, -0.2) is 33.2 Å². The van der Waals surface area contributed by atoms with Gasteiger partial charge in [0.15, 0.2) is 0 Å². The van der Waals surface area contributed by atoms with Crippen molar-refractivity contribution in [2.45, 2.75) is 39.8 Å². The molecule has 0 spiro atoms. The van der Waals surface area contributed by atoms with Crippen LogP contribution in [0.15, 0.2) is 48.5 Å². The van der Waals surface area contributed by atoms with Gasteiger partial charge >= 0.3 is 0 Å². The molecule has 7 heteroatoms. The summed E-state index contributed by atoms with van der Waals surface area (Å²) >= 11 is 0. The standard InChI is InChI=1S/C21H28N2O4S/c1-5-20(23(28(4,25)26)18-12-10-16(3)11-13-18)21(24)22-15-17-8-7-9-19(14-17)27-6-2/h7-14,20H,5-6,15H2,1-4H3,(H,22,24). The Balaban J connectivity index is 2.19. The maximum Gasteiger partial charge on any atom is 0.244 e. The highest BCUT2D eigenvalue weighted by molar-refractivity contribution is 7.92. The van der Waals surface area contributed by atoms with Crippen LogP contribution in [0.2, 0.25) is 0 Å². The predicted molar refractivity (Wildman–Crippen MR) is 112 cm³/mol. The van der Waals surface area contributed by atoms with Crippen LogP contribution in [0.25, 0.3) is 0 Å². The van der Waals surface area contributed by atoms with Gasteiger partial charge < -0.3 is 10.1 Å². The summed E-state index contributed by atoms with van der Waals surface area (Å²) in [5, 5.41) is 2.85. The van der Waals surface area contributed by atoms with Gasteiger partial charge in [-0.3, -0.25) is 9.10 Å². The molecule has 152 valence electrons. The summed E-state index contributed by atoms with van der Waals surface area (Å²) in [6.45, 7) is 6.49. The van der Waals surface area contributed by atoms with Crippen LogP contribution in [0.5, 0.6) is 5.75 Å². The third-order valence-electron chi connectivity index (χ3n) is 4.29. The molecule has 0 aliphatic heterocycles. The molecule has 0 bridgehead atoms. The Kier molecular flexibility index (Phi) is 7.45. The predicted octanol–water partition coefficient (Wildman–Crippen LogP) is 3.25. The fourth-order valence-corrected chi connectivity index (χ4v) is 4.18. The van der Waals surface area contributed by atoms with Gasteiger partial charge in [0.1, 0.15) is 11.8 Å². The number of rotatable bonds is 9. The van der Waals surface area contributed by atoms with Crippen LogP contribution in [0, 0.1) is 6.92 Å². The molecular formula is C21H28N2O4S. The molecule has 2 rings (SSSR count). The third-order valence-corrected chi connectivity index (χ3v) is 5.47. The molecule has 0 heterocycles. The van der Waals surface area contributed by atoms with Crippen molar-refractivity contribution in [3.8, 4) is 5.75 Å². The van der Waals surface area contributed by atoms with E-state index in [2.05, 4.69) is 5.32 Å². The van der Waals surface area contributed by atoms with E-state index in [0.717, 1.165) is 23.1 Å². The number of amides is 1. The second-order valence-corrected chi connectivity index (χ2v) is 8.48. The zero-order valence-corrected chi connectivity index (χ0v) is 17.6. The third kappa shape index (κ3) is 5.73. The molecule has 6 nitrogen and oxygen atoms in total. The Hall–Kier alpha value is -2.54. The zero-order chi connectivity index (χ0) is 20.7. The number of nitrogens with one attached hydrogen (secondary N) is 1. The zero-order valence-electron chi connectivity index (χ0n) is 16.8. The molecule has 1 unspecified atom stereocenters. The summed E-state index contributed by atoms with van der Waals surface area (Å²) in [6.07, 6.45) is 1.47. The van der Waals surface area contributed by atoms with E-state index in [9.17, 15) is 13.2 Å². The van der Waals surface area contributed by atoms with Gasteiger partial charge in [-0.05, 0) is 50.1 Å². The summed E-state index contributed by atoms with van der Waals surface area (Å²) in [5.74, 6) is 0.397. The van der Waals surface area contributed by atoms with E-state index in [-0.39, 0.29) is 5.91 Å². The topological polar surface area (TPSA) is 75.7 Å². The largest absolute Gasteiger partial charge is 0.494 e. The molecule has 0 aliphatic carbocycles. The maximum atomic E-state index is 12.8. The molecule has 2 aromatic carbocycles. The van der Waals surface area contributed by atoms with Gasteiger partial charge in [-0.15, -0.1) is 0 Å². The van der Waals surface area contributed by atoms with Gasteiger partial charge in [0.2, 0.25) is 15.9 Å². The first-order valence-corrected chi connectivity index (χ1v) is 11.2. The number of aryl methyl sites for hydroxylation is 1. The van der Waals surface area contributed by atoms with Gasteiger partial charge in [0.05, 0.1) is 18.6 Å². The Morgan fingerprint density at radius 2 is 1.82 bits per heavy atom. The number of hydrogen-bond acceptors (Lipinski definition) is 4. The molecule has 0 aliphatic rings. The normalized spacial score (nSPS) is 12.3. The lowest BCUT2D eigenvalue weighted by Gasteiger charge is -2.30. The van der Waals surface area contributed by atoms with E-state index in [4.69, 9.17) is 4.74 Å². The van der Waals surface area contributed by atoms with Crippen LogP contribution < -0.4 is 14.4 Å². The number of ether oxygens (including phenoxy) is 1. The molecule has 28 heavy (non-hydrogen) atoms. The summed E-state index contributed by atoms with van der Waals surface area (Å²) in [5.41, 5.74) is 2.38. The Labute approximate surface area is 167 Å². The molecule has 1 N–H and O–H groups in total. The number of carbonyl (C=O) groups is 1. The number of hydrogen-bond donors (Lipinski definition) is 1. The van der Waals surface area contributed by atoms with Crippen molar-refractivity contribution in [2.24, 2.45) is 0 Å². The lowest BCUT2D eigenvalue weighted by atomic mass is 10.1. The SMILES string of the molecule is CCOc1cccc(CNC(=O)C(CC)N(c2ccc(C)cc2)S(C)(=O)=O)c1. The monoisotopic (exact) mass is 404 g/mol. The minimum Gasteiger partial charge on any atom is -0.494 e. The van der Waals surface area contributed by atoms with E-state index < -0.39 is 16.1 Å². The molecule has 1 amide bonds. The van der Waals surface area contributed by atoms with E-state index in [1.165, 1.54) is 4.31 Å². The number of carbonyl (C=O) groups excluding carboxylic acids is 1. The number of nitrogens with zero attached hydrogens (tertiary/aromatic N) is 1. The molecule has 2 aromatic rings. The summed E-state index contributed by atoms with van der Waals surface area (Å²) < 4.78 is 31.5. The smallest absolute Gasteiger partial charge is 0.244 e. The molecule has 0 saturated heterocycles. The quantitative estimate of drug-likeness (QED) is 0.696. The Morgan fingerprint density at radius 3 is 2.39 bits per heavy atom. The average molecular weight is 405 g/mol. The van der Waals surface area contributed by atoms with Gasteiger partial charge in [-0.25, -0.2) is 8.42 Å². The van der Waals surface area contributed by atoms with Crippen molar-refractivity contribution in [2.75, 3.05) is 17.2 Å². The highest BCUT2D eigenvalue weighted by Gasteiger charge is 2.31. The number of anilines is 1. The minimum atomic E-state index is -3.63. The summed E-state index contributed by atoms with van der Waals surface area (Å²) in [6, 6.07) is 13.7. The highest BCUT2D eigenvalue weighted by Crippen LogP contribution is 2.23. The maximum absolute atomic E-state index is 12.8. The van der Waals surface area contributed by atoms with Crippen LogP contribution in [0.4, 0.5) is 5.69 Å². The lowest BCUT2D eigenvalue weighted by Crippen LogP contribution is -2.49. The van der Waals surface area contributed by atoms with Gasteiger partial charge in [0, 0.05) is 6.54 Å². The Morgan fingerprint density at radius 1 is 1.14 bits per heavy atom. The first kappa shape index (κ1) is 21.8. The molecule has 0 saturated carbocycles. The van der Waals surface area contributed by atoms with Gasteiger partial charge in [0.25, 0.3) is 0 Å². The number of benzene rings is 2. The second kappa shape index (κ2) is 9.59. The minimum absolute atomic E-state index is 0.293. The van der Waals surface area contributed by atoms with E-state index in [1.807, 2.05) is 50.2 Å². The molecular weight excluding hydrogens is 376 g/mol.